The summed E-state index contributed by atoms with van der Waals surface area (Å²) in [5, 5.41) is 13.9. The fourth-order valence-corrected chi connectivity index (χ4v) is 3.90. The van der Waals surface area contributed by atoms with E-state index in [0.717, 1.165) is 5.56 Å². The molecule has 0 bridgehead atoms. The highest BCUT2D eigenvalue weighted by Crippen LogP contribution is 2.31. The molecule has 106 valence electrons. The number of nitrogens with zero attached hydrogens (tertiary/aromatic N) is 3. The van der Waals surface area contributed by atoms with Crippen molar-refractivity contribution in [2.75, 3.05) is 10.8 Å². The molecule has 1 unspecified atom stereocenters. The molecule has 1 aliphatic heterocycles. The van der Waals surface area contributed by atoms with Crippen LogP contribution in [0.15, 0.2) is 41.6 Å². The van der Waals surface area contributed by atoms with E-state index in [9.17, 15) is 13.5 Å². The standard InChI is InChI=1S/C13H15N3O3S/c1-15-7-6-13(14-15)20(18,19)16-9-11(17)8-10-4-2-3-5-12(10)16/h2-7,11,17H,8-9H2,1H3. The summed E-state index contributed by atoms with van der Waals surface area (Å²) in [6, 6.07) is 8.67. The average molecular weight is 293 g/mol. The summed E-state index contributed by atoms with van der Waals surface area (Å²) in [5.41, 5.74) is 1.44. The predicted molar refractivity (Wildman–Crippen MR) is 73.9 cm³/mol. The molecule has 1 aromatic carbocycles. The SMILES string of the molecule is Cn1ccc(S(=O)(=O)N2CC(O)Cc3ccccc32)n1. The van der Waals surface area contributed by atoms with Gasteiger partial charge in [0.1, 0.15) is 0 Å². The fourth-order valence-electron chi connectivity index (χ4n) is 2.41. The van der Waals surface area contributed by atoms with Crippen molar-refractivity contribution in [3.63, 3.8) is 0 Å². The monoisotopic (exact) mass is 293 g/mol. The highest BCUT2D eigenvalue weighted by Gasteiger charge is 2.33. The number of hydrogen-bond donors (Lipinski definition) is 1. The molecule has 1 atom stereocenters. The van der Waals surface area contributed by atoms with Gasteiger partial charge in [0.15, 0.2) is 5.03 Å². The Labute approximate surface area is 117 Å². The molecule has 0 saturated heterocycles. The highest BCUT2D eigenvalue weighted by atomic mass is 32.2. The minimum absolute atomic E-state index is 0.0103. The third kappa shape index (κ3) is 2.08. The summed E-state index contributed by atoms with van der Waals surface area (Å²) in [7, 11) is -2.08. The summed E-state index contributed by atoms with van der Waals surface area (Å²) in [5.74, 6) is 0. The molecule has 0 amide bonds. The molecule has 0 spiro atoms. The van der Waals surface area contributed by atoms with Gasteiger partial charge in [-0.2, -0.15) is 13.5 Å². The number of aliphatic hydroxyl groups excluding tert-OH is 1. The molecule has 1 N–H and O–H groups in total. The van der Waals surface area contributed by atoms with Gasteiger partial charge in [0.2, 0.25) is 0 Å². The third-order valence-corrected chi connectivity index (χ3v) is 5.01. The van der Waals surface area contributed by atoms with E-state index < -0.39 is 16.1 Å². The first kappa shape index (κ1) is 13.1. The summed E-state index contributed by atoms with van der Waals surface area (Å²) in [6.07, 6.45) is 1.34. The normalized spacial score (nSPS) is 18.9. The molecular weight excluding hydrogens is 278 g/mol. The number of anilines is 1. The fraction of sp³-hybridized carbons (Fsp3) is 0.308. The Balaban J connectivity index is 2.10. The van der Waals surface area contributed by atoms with Crippen molar-refractivity contribution in [2.24, 2.45) is 7.05 Å². The maximum atomic E-state index is 12.6. The lowest BCUT2D eigenvalue weighted by molar-refractivity contribution is 0.180. The topological polar surface area (TPSA) is 75.4 Å². The van der Waals surface area contributed by atoms with Gasteiger partial charge >= 0.3 is 0 Å². The number of rotatable bonds is 2. The number of hydrogen-bond acceptors (Lipinski definition) is 4. The minimum atomic E-state index is -3.75. The van der Waals surface area contributed by atoms with E-state index in [1.54, 1.807) is 25.4 Å². The number of sulfonamides is 1. The molecule has 20 heavy (non-hydrogen) atoms. The van der Waals surface area contributed by atoms with Gasteiger partial charge in [-0.1, -0.05) is 18.2 Å². The van der Waals surface area contributed by atoms with Crippen molar-refractivity contribution in [1.82, 2.24) is 9.78 Å². The van der Waals surface area contributed by atoms with Crippen molar-refractivity contribution < 1.29 is 13.5 Å². The third-order valence-electron chi connectivity index (χ3n) is 3.34. The lowest BCUT2D eigenvalue weighted by Crippen LogP contribution is -2.42. The van der Waals surface area contributed by atoms with Crippen LogP contribution in [-0.2, 0) is 23.5 Å². The van der Waals surface area contributed by atoms with Crippen molar-refractivity contribution in [2.45, 2.75) is 17.6 Å². The Bertz CT molecular complexity index is 739. The van der Waals surface area contributed by atoms with E-state index in [-0.39, 0.29) is 11.6 Å². The van der Waals surface area contributed by atoms with Gasteiger partial charge in [-0.3, -0.25) is 8.99 Å². The van der Waals surface area contributed by atoms with Gasteiger partial charge in [-0.05, 0) is 17.7 Å². The molecule has 1 aromatic heterocycles. The molecule has 0 aliphatic carbocycles. The average Bonchev–Trinajstić information content (AvgIpc) is 2.85. The van der Waals surface area contributed by atoms with Gasteiger partial charge in [0.25, 0.3) is 10.0 Å². The number of aryl methyl sites for hydroxylation is 1. The first-order chi connectivity index (χ1) is 9.48. The second-order valence-electron chi connectivity index (χ2n) is 4.85. The maximum absolute atomic E-state index is 12.6. The number of aliphatic hydroxyl groups is 1. The Morgan fingerprint density at radius 3 is 2.75 bits per heavy atom. The molecule has 0 saturated carbocycles. The molecule has 2 aromatic rings. The van der Waals surface area contributed by atoms with Gasteiger partial charge in [-0.15, -0.1) is 0 Å². The van der Waals surface area contributed by atoms with Crippen molar-refractivity contribution in [1.29, 1.82) is 0 Å². The molecular formula is C13H15N3O3S. The summed E-state index contributed by atoms with van der Waals surface area (Å²) in [6.45, 7) is 0.0515. The quantitative estimate of drug-likeness (QED) is 0.876. The smallest absolute Gasteiger partial charge is 0.283 e. The Morgan fingerprint density at radius 2 is 2.05 bits per heavy atom. The number of para-hydroxylation sites is 1. The van der Waals surface area contributed by atoms with Crippen LogP contribution in [-0.4, -0.2) is 36.0 Å². The number of fused-ring (bicyclic) bond motifs is 1. The van der Waals surface area contributed by atoms with Crippen LogP contribution in [0.3, 0.4) is 0 Å². The van der Waals surface area contributed by atoms with Crippen LogP contribution in [0.2, 0.25) is 0 Å². The zero-order chi connectivity index (χ0) is 14.3. The van der Waals surface area contributed by atoms with E-state index in [0.29, 0.717) is 12.1 Å². The first-order valence-electron chi connectivity index (χ1n) is 6.27. The van der Waals surface area contributed by atoms with Gasteiger partial charge < -0.3 is 5.11 Å². The second-order valence-corrected chi connectivity index (χ2v) is 6.66. The molecule has 1 aliphatic rings. The number of aromatic nitrogens is 2. The van der Waals surface area contributed by atoms with Crippen LogP contribution < -0.4 is 4.31 Å². The second kappa shape index (κ2) is 4.60. The van der Waals surface area contributed by atoms with Crippen LogP contribution in [0, 0.1) is 0 Å². The van der Waals surface area contributed by atoms with E-state index >= 15 is 0 Å². The largest absolute Gasteiger partial charge is 0.391 e. The maximum Gasteiger partial charge on any atom is 0.283 e. The molecule has 7 heteroatoms. The summed E-state index contributed by atoms with van der Waals surface area (Å²) < 4.78 is 28.0. The first-order valence-corrected chi connectivity index (χ1v) is 7.71. The molecule has 2 heterocycles. The van der Waals surface area contributed by atoms with E-state index in [4.69, 9.17) is 0 Å². The molecule has 3 rings (SSSR count). The highest BCUT2D eigenvalue weighted by molar-refractivity contribution is 7.92. The number of benzene rings is 1. The molecule has 0 radical (unpaired) electrons. The van der Waals surface area contributed by atoms with Gasteiger partial charge in [0, 0.05) is 19.7 Å². The van der Waals surface area contributed by atoms with Crippen LogP contribution >= 0.6 is 0 Å². The lowest BCUT2D eigenvalue weighted by Gasteiger charge is -2.32. The minimum Gasteiger partial charge on any atom is -0.391 e. The van der Waals surface area contributed by atoms with Gasteiger partial charge in [-0.25, -0.2) is 0 Å². The van der Waals surface area contributed by atoms with Crippen LogP contribution in [0.25, 0.3) is 0 Å². The Kier molecular flexibility index (Phi) is 3.02. The Hall–Kier alpha value is -1.86. The van der Waals surface area contributed by atoms with Gasteiger partial charge in [0.05, 0.1) is 18.3 Å². The molecule has 6 nitrogen and oxygen atoms in total. The number of β-amino-alcohol motifs (C(OH)–C–C–N with tert-alkyl or cyclic N) is 1. The Morgan fingerprint density at radius 1 is 1.30 bits per heavy atom. The zero-order valence-electron chi connectivity index (χ0n) is 11.0. The lowest BCUT2D eigenvalue weighted by atomic mass is 10.0. The van der Waals surface area contributed by atoms with E-state index in [1.807, 2.05) is 12.1 Å². The zero-order valence-corrected chi connectivity index (χ0v) is 11.8. The van der Waals surface area contributed by atoms with Crippen molar-refractivity contribution in [3.8, 4) is 0 Å². The van der Waals surface area contributed by atoms with Crippen molar-refractivity contribution in [3.05, 3.63) is 42.1 Å². The van der Waals surface area contributed by atoms with Crippen LogP contribution in [0.4, 0.5) is 5.69 Å². The molecule has 0 fully saturated rings. The van der Waals surface area contributed by atoms with E-state index in [2.05, 4.69) is 5.10 Å². The summed E-state index contributed by atoms with van der Waals surface area (Å²) >= 11 is 0. The van der Waals surface area contributed by atoms with Crippen LogP contribution in [0.1, 0.15) is 5.56 Å². The summed E-state index contributed by atoms with van der Waals surface area (Å²) in [4.78, 5) is 0. The van der Waals surface area contributed by atoms with Crippen LogP contribution in [0.5, 0.6) is 0 Å². The van der Waals surface area contributed by atoms with Crippen molar-refractivity contribution >= 4 is 15.7 Å². The van der Waals surface area contributed by atoms with E-state index in [1.165, 1.54) is 15.1 Å². The predicted octanol–water partition coefficient (Wildman–Crippen LogP) is 0.532.